The molecule has 0 amide bonds. The summed E-state index contributed by atoms with van der Waals surface area (Å²) in [6, 6.07) is 25.3. The van der Waals surface area contributed by atoms with E-state index in [1.807, 2.05) is 0 Å². The third-order valence-electron chi connectivity index (χ3n) is 7.25. The molecule has 29 heavy (non-hydrogen) atoms. The van der Waals surface area contributed by atoms with Gasteiger partial charge in [0.05, 0.1) is 0 Å². The molecule has 0 heterocycles. The van der Waals surface area contributed by atoms with Gasteiger partial charge in [-0.25, -0.2) is 0 Å². The largest absolute Gasteiger partial charge is 0.0842 e. The molecular formula is C28H31Br. The molecule has 0 N–H and O–H groups in total. The van der Waals surface area contributed by atoms with Crippen molar-refractivity contribution in [3.63, 3.8) is 0 Å². The molecule has 0 bridgehead atoms. The van der Waals surface area contributed by atoms with Crippen molar-refractivity contribution >= 4 is 15.9 Å². The number of rotatable bonds is 5. The van der Waals surface area contributed by atoms with Crippen molar-refractivity contribution in [3.8, 4) is 11.1 Å². The van der Waals surface area contributed by atoms with Crippen molar-refractivity contribution in [3.05, 3.63) is 94.5 Å². The first kappa shape index (κ1) is 20.4. The van der Waals surface area contributed by atoms with Crippen LogP contribution in [0.1, 0.15) is 80.1 Å². The maximum absolute atomic E-state index is 3.75. The average Bonchev–Trinajstić information content (AvgIpc) is 2.97. The highest BCUT2D eigenvalue weighted by Gasteiger charge is 2.38. The van der Waals surface area contributed by atoms with Crippen LogP contribution in [0.3, 0.4) is 0 Å². The van der Waals surface area contributed by atoms with Crippen molar-refractivity contribution < 1.29 is 0 Å². The summed E-state index contributed by atoms with van der Waals surface area (Å²) in [7, 11) is 0. The summed E-state index contributed by atoms with van der Waals surface area (Å²) in [6.07, 6.45) is 2.20. The minimum Gasteiger partial charge on any atom is -0.0842 e. The molecule has 0 spiro atoms. The van der Waals surface area contributed by atoms with E-state index in [1.54, 1.807) is 0 Å². The molecule has 4 rings (SSSR count). The minimum atomic E-state index is 0.0164. The van der Waals surface area contributed by atoms with Crippen molar-refractivity contribution in [2.75, 3.05) is 0 Å². The van der Waals surface area contributed by atoms with Gasteiger partial charge >= 0.3 is 0 Å². The lowest BCUT2D eigenvalue weighted by Gasteiger charge is -2.34. The second-order valence-electron chi connectivity index (χ2n) is 8.96. The van der Waals surface area contributed by atoms with Gasteiger partial charge in [0.25, 0.3) is 0 Å². The van der Waals surface area contributed by atoms with Gasteiger partial charge in [-0.15, -0.1) is 0 Å². The maximum atomic E-state index is 3.75. The Morgan fingerprint density at radius 1 is 0.793 bits per heavy atom. The predicted molar refractivity (Wildman–Crippen MR) is 129 cm³/mol. The highest BCUT2D eigenvalue weighted by molar-refractivity contribution is 9.09. The van der Waals surface area contributed by atoms with E-state index in [2.05, 4.69) is 117 Å². The number of alkyl halides is 1. The van der Waals surface area contributed by atoms with Gasteiger partial charge in [0.2, 0.25) is 0 Å². The topological polar surface area (TPSA) is 0 Å². The Kier molecular flexibility index (Phi) is 5.23. The van der Waals surface area contributed by atoms with Crippen LogP contribution in [0.5, 0.6) is 0 Å². The van der Waals surface area contributed by atoms with E-state index < -0.39 is 0 Å². The molecule has 1 atom stereocenters. The molecule has 0 saturated carbocycles. The molecule has 3 aromatic rings. The fourth-order valence-electron chi connectivity index (χ4n) is 5.29. The molecule has 0 aromatic heterocycles. The van der Waals surface area contributed by atoms with E-state index in [-0.39, 0.29) is 10.8 Å². The first-order valence-electron chi connectivity index (χ1n) is 10.8. The number of fused-ring (bicyclic) bond motifs is 3. The third kappa shape index (κ3) is 3.10. The summed E-state index contributed by atoms with van der Waals surface area (Å²) in [5, 5.41) is 0. The molecular weight excluding hydrogens is 416 g/mol. The van der Waals surface area contributed by atoms with Crippen molar-refractivity contribution in [1.82, 2.24) is 0 Å². The summed E-state index contributed by atoms with van der Waals surface area (Å²) >= 11 is 3.75. The van der Waals surface area contributed by atoms with Gasteiger partial charge in [-0.1, -0.05) is 110 Å². The summed E-state index contributed by atoms with van der Waals surface area (Å²) < 4.78 is 0. The van der Waals surface area contributed by atoms with Gasteiger partial charge in [0.1, 0.15) is 0 Å². The van der Waals surface area contributed by atoms with Crippen LogP contribution in [0.4, 0.5) is 0 Å². The highest BCUT2D eigenvalue weighted by atomic mass is 79.9. The van der Waals surface area contributed by atoms with Gasteiger partial charge in [-0.3, -0.25) is 0 Å². The fraction of sp³-hybridized carbons (Fsp3) is 0.357. The maximum Gasteiger partial charge on any atom is 0.0367 e. The molecule has 0 aliphatic heterocycles. The number of halogens is 1. The Bertz CT molecular complexity index is 1020. The van der Waals surface area contributed by atoms with E-state index in [9.17, 15) is 0 Å². The standard InChI is InChI=1S/C28H31Br/c1-6-28(7-2,21-11-9-8-10-12-21)22-14-16-24-23-15-13-20(19(3)29)17-25(23)27(4,5)26(24)18-22/h8-19H,6-7H2,1-5H3. The molecule has 3 aromatic carbocycles. The highest BCUT2D eigenvalue weighted by Crippen LogP contribution is 2.51. The lowest BCUT2D eigenvalue weighted by molar-refractivity contribution is 0.477. The van der Waals surface area contributed by atoms with Crippen molar-refractivity contribution in [1.29, 1.82) is 0 Å². The van der Waals surface area contributed by atoms with Crippen LogP contribution in [-0.4, -0.2) is 0 Å². The summed E-state index contributed by atoms with van der Waals surface area (Å²) in [5.41, 5.74) is 10.0. The van der Waals surface area contributed by atoms with Crippen LogP contribution in [0.2, 0.25) is 0 Å². The fourth-order valence-corrected chi connectivity index (χ4v) is 5.58. The SMILES string of the molecule is CCC(CC)(c1ccccc1)c1ccc2c(c1)C(C)(C)c1cc(C(C)Br)ccc1-2. The first-order valence-corrected chi connectivity index (χ1v) is 11.8. The van der Waals surface area contributed by atoms with Crippen molar-refractivity contribution in [2.45, 2.75) is 63.1 Å². The summed E-state index contributed by atoms with van der Waals surface area (Å²) in [5.74, 6) is 0. The van der Waals surface area contributed by atoms with E-state index in [0.717, 1.165) is 12.8 Å². The van der Waals surface area contributed by atoms with Crippen LogP contribution >= 0.6 is 15.9 Å². The van der Waals surface area contributed by atoms with Crippen molar-refractivity contribution in [2.24, 2.45) is 0 Å². The van der Waals surface area contributed by atoms with Gasteiger partial charge in [0.15, 0.2) is 0 Å². The number of hydrogen-bond donors (Lipinski definition) is 0. The van der Waals surface area contributed by atoms with E-state index in [1.165, 1.54) is 38.9 Å². The molecule has 0 saturated heterocycles. The molecule has 1 unspecified atom stereocenters. The average molecular weight is 447 g/mol. The Morgan fingerprint density at radius 2 is 1.38 bits per heavy atom. The number of benzene rings is 3. The molecule has 0 fully saturated rings. The smallest absolute Gasteiger partial charge is 0.0367 e. The molecule has 0 nitrogen and oxygen atoms in total. The Labute approximate surface area is 184 Å². The van der Waals surface area contributed by atoms with E-state index in [4.69, 9.17) is 0 Å². The monoisotopic (exact) mass is 446 g/mol. The van der Waals surface area contributed by atoms with Crippen LogP contribution in [0, 0.1) is 0 Å². The van der Waals surface area contributed by atoms with Gasteiger partial charge in [-0.05, 0) is 58.7 Å². The normalized spacial score (nSPS) is 15.7. The minimum absolute atomic E-state index is 0.0164. The Morgan fingerprint density at radius 3 is 1.97 bits per heavy atom. The Balaban J connectivity index is 1.89. The second-order valence-corrected chi connectivity index (χ2v) is 10.3. The van der Waals surface area contributed by atoms with Crippen LogP contribution < -0.4 is 0 Å². The first-order chi connectivity index (χ1) is 13.8. The second kappa shape index (κ2) is 7.43. The molecule has 1 aliphatic carbocycles. The lowest BCUT2D eigenvalue weighted by atomic mass is 9.69. The third-order valence-corrected chi connectivity index (χ3v) is 7.77. The summed E-state index contributed by atoms with van der Waals surface area (Å²) in [6.45, 7) is 11.6. The lowest BCUT2D eigenvalue weighted by Crippen LogP contribution is -2.27. The number of hydrogen-bond acceptors (Lipinski definition) is 0. The zero-order valence-corrected chi connectivity index (χ0v) is 19.8. The van der Waals surface area contributed by atoms with Gasteiger partial charge < -0.3 is 0 Å². The molecule has 1 heteroatoms. The quantitative estimate of drug-likeness (QED) is 0.344. The van der Waals surface area contributed by atoms with Crippen LogP contribution in [-0.2, 0) is 10.8 Å². The van der Waals surface area contributed by atoms with E-state index in [0.29, 0.717) is 4.83 Å². The Hall–Kier alpha value is -1.86. The zero-order chi connectivity index (χ0) is 20.8. The molecule has 150 valence electrons. The zero-order valence-electron chi connectivity index (χ0n) is 18.2. The summed E-state index contributed by atoms with van der Waals surface area (Å²) in [4.78, 5) is 0.369. The van der Waals surface area contributed by atoms with Crippen LogP contribution in [0.15, 0.2) is 66.7 Å². The molecule has 0 radical (unpaired) electrons. The molecule has 1 aliphatic rings. The van der Waals surface area contributed by atoms with Gasteiger partial charge in [0, 0.05) is 15.7 Å². The van der Waals surface area contributed by atoms with Crippen LogP contribution in [0.25, 0.3) is 11.1 Å². The van der Waals surface area contributed by atoms with E-state index >= 15 is 0 Å². The predicted octanol–water partition coefficient (Wildman–Crippen LogP) is 8.55. The van der Waals surface area contributed by atoms with Gasteiger partial charge in [-0.2, -0.15) is 0 Å².